The average molecular weight is 351 g/mol. The van der Waals surface area contributed by atoms with Crippen LogP contribution in [0.2, 0.25) is 0 Å². The number of fused-ring (bicyclic) bond motifs is 9. The predicted molar refractivity (Wildman–Crippen MR) is 96.9 cm³/mol. The molecular formula is C15H17N11. The van der Waals surface area contributed by atoms with Crippen LogP contribution in [-0.4, -0.2) is 60.9 Å². The van der Waals surface area contributed by atoms with Crippen LogP contribution < -0.4 is 10.7 Å². The van der Waals surface area contributed by atoms with E-state index in [1.807, 2.05) is 60.8 Å². The van der Waals surface area contributed by atoms with Crippen LogP contribution in [0.4, 0.5) is 11.9 Å². The molecule has 2 aromatic heterocycles. The normalized spacial score (nSPS) is 17.8. The number of aromatic nitrogens is 4. The molecule has 132 valence electrons. The summed E-state index contributed by atoms with van der Waals surface area (Å²) in [6.45, 7) is 0. The van der Waals surface area contributed by atoms with E-state index >= 15 is 0 Å². The van der Waals surface area contributed by atoms with Crippen molar-refractivity contribution in [2.24, 2.45) is 29.1 Å². The van der Waals surface area contributed by atoms with E-state index in [0.29, 0.717) is 29.7 Å². The Hall–Kier alpha value is -3.63. The molecule has 0 saturated heterocycles. The molecule has 0 aliphatic carbocycles. The van der Waals surface area contributed by atoms with E-state index < -0.39 is 0 Å². The Kier molecular flexibility index (Phi) is 2.79. The summed E-state index contributed by atoms with van der Waals surface area (Å²) in [5.74, 6) is 2.98. The zero-order chi connectivity index (χ0) is 18.0. The molecule has 0 aromatic carbocycles. The number of imidazole rings is 2. The molecule has 0 spiro atoms. The molecule has 0 saturated carbocycles. The van der Waals surface area contributed by atoms with Gasteiger partial charge in [-0.15, -0.1) is 0 Å². The van der Waals surface area contributed by atoms with Gasteiger partial charge in [-0.1, -0.05) is 0 Å². The molecule has 0 amide bonds. The topological polar surface area (TPSA) is 103 Å². The van der Waals surface area contributed by atoms with Crippen molar-refractivity contribution < 1.29 is 0 Å². The van der Waals surface area contributed by atoms with Gasteiger partial charge in [0.2, 0.25) is 23.8 Å². The lowest BCUT2D eigenvalue weighted by atomic mass is 10.4. The number of amidine groups is 1. The van der Waals surface area contributed by atoms with E-state index in [0.717, 1.165) is 17.1 Å². The van der Waals surface area contributed by atoms with Gasteiger partial charge < -0.3 is 19.4 Å². The molecule has 11 heteroatoms. The predicted octanol–water partition coefficient (Wildman–Crippen LogP) is 0.0341. The lowest BCUT2D eigenvalue weighted by Gasteiger charge is -2.12. The number of hydrazine groups is 1. The van der Waals surface area contributed by atoms with Gasteiger partial charge in [0.05, 0.1) is 0 Å². The van der Waals surface area contributed by atoms with Gasteiger partial charge in [-0.25, -0.2) is 9.97 Å². The van der Waals surface area contributed by atoms with Crippen LogP contribution in [-0.2, 0) is 14.1 Å². The van der Waals surface area contributed by atoms with E-state index in [1.165, 1.54) is 0 Å². The van der Waals surface area contributed by atoms with Gasteiger partial charge in [-0.3, -0.25) is 10.4 Å². The molecule has 8 bridgehead atoms. The van der Waals surface area contributed by atoms with E-state index in [1.54, 1.807) is 5.01 Å². The van der Waals surface area contributed by atoms with Crippen LogP contribution in [0.25, 0.3) is 11.4 Å². The number of hydrogen-bond donors (Lipinski definition) is 2. The number of aliphatic imine (C=N–C) groups is 3. The second kappa shape index (κ2) is 4.94. The van der Waals surface area contributed by atoms with Gasteiger partial charge in [0.15, 0.2) is 5.84 Å². The van der Waals surface area contributed by atoms with Gasteiger partial charge in [-0.05, 0) is 0 Å². The maximum absolute atomic E-state index is 4.64. The molecule has 0 unspecified atom stereocenters. The lowest BCUT2D eigenvalue weighted by molar-refractivity contribution is 0.470. The van der Waals surface area contributed by atoms with Gasteiger partial charge in [0.25, 0.3) is 0 Å². The number of rotatable bonds is 0. The van der Waals surface area contributed by atoms with Crippen molar-refractivity contribution in [1.82, 2.24) is 39.8 Å². The van der Waals surface area contributed by atoms with Crippen molar-refractivity contribution >= 4 is 29.7 Å². The minimum Gasteiger partial charge on any atom is -0.321 e. The SMILES string of the molecule is CN1C=C2NC1=Nc1nc(cn1C)-c1cn(C)c(n1)N=C1N=C2NN1C. The standard InChI is InChI=1S/C15H17N11/c1-23-5-8-9-6-24(2)13(17-9)21-15-19-11(22-26(15)4)10-7-25(3)14(18-10)20-12(23)16-8/h5-7H,1-4H3,(H,16,18,20)(H,17,19,21,22). The van der Waals surface area contributed by atoms with E-state index in [9.17, 15) is 0 Å². The molecule has 3 aliphatic heterocycles. The zero-order valence-electron chi connectivity index (χ0n) is 14.8. The second-order valence-electron chi connectivity index (χ2n) is 6.33. The third-order valence-corrected chi connectivity index (χ3v) is 4.32. The van der Waals surface area contributed by atoms with Crippen LogP contribution in [0.3, 0.4) is 0 Å². The van der Waals surface area contributed by atoms with Gasteiger partial charge in [0.1, 0.15) is 17.1 Å². The van der Waals surface area contributed by atoms with E-state index in [4.69, 9.17) is 0 Å². The number of nitrogens with one attached hydrogen (secondary N) is 2. The van der Waals surface area contributed by atoms with Crippen molar-refractivity contribution in [1.29, 1.82) is 0 Å². The number of guanidine groups is 2. The van der Waals surface area contributed by atoms with Crippen molar-refractivity contribution in [3.05, 3.63) is 24.3 Å². The third kappa shape index (κ3) is 2.10. The van der Waals surface area contributed by atoms with Crippen LogP contribution in [0, 0.1) is 0 Å². The Bertz CT molecular complexity index is 1050. The molecule has 3 aliphatic rings. The summed E-state index contributed by atoms with van der Waals surface area (Å²) in [6.07, 6.45) is 5.72. The first kappa shape index (κ1) is 14.7. The first-order valence-electron chi connectivity index (χ1n) is 8.03. The molecular weight excluding hydrogens is 334 g/mol. The van der Waals surface area contributed by atoms with Gasteiger partial charge in [-0.2, -0.15) is 15.0 Å². The second-order valence-corrected chi connectivity index (χ2v) is 6.33. The van der Waals surface area contributed by atoms with Crippen molar-refractivity contribution in [2.45, 2.75) is 0 Å². The highest BCUT2D eigenvalue weighted by Crippen LogP contribution is 2.25. The molecule has 5 rings (SSSR count). The first-order chi connectivity index (χ1) is 12.5. The van der Waals surface area contributed by atoms with Crippen LogP contribution in [0.15, 0.2) is 39.3 Å². The Morgan fingerprint density at radius 1 is 0.846 bits per heavy atom. The summed E-state index contributed by atoms with van der Waals surface area (Å²) in [5, 5.41) is 5.02. The summed E-state index contributed by atoms with van der Waals surface area (Å²) in [5.41, 5.74) is 5.46. The fraction of sp³-hybridized carbons (Fsp3) is 0.267. The monoisotopic (exact) mass is 351 g/mol. The van der Waals surface area contributed by atoms with Crippen LogP contribution in [0.1, 0.15) is 0 Å². The highest BCUT2D eigenvalue weighted by molar-refractivity contribution is 6.12. The minimum absolute atomic E-state index is 0.523. The minimum atomic E-state index is 0.523. The van der Waals surface area contributed by atoms with Crippen molar-refractivity contribution in [3.63, 3.8) is 0 Å². The van der Waals surface area contributed by atoms with E-state index in [-0.39, 0.29) is 0 Å². The first-order valence-corrected chi connectivity index (χ1v) is 8.03. The number of hydrogen-bond acceptors (Lipinski definition) is 9. The molecule has 0 radical (unpaired) electrons. The maximum Gasteiger partial charge on any atom is 0.249 e. The fourth-order valence-electron chi connectivity index (χ4n) is 2.90. The van der Waals surface area contributed by atoms with Crippen LogP contribution in [0.5, 0.6) is 0 Å². The molecule has 11 nitrogen and oxygen atoms in total. The van der Waals surface area contributed by atoms with Crippen molar-refractivity contribution in [3.8, 4) is 11.4 Å². The Morgan fingerprint density at radius 3 is 2.19 bits per heavy atom. The van der Waals surface area contributed by atoms with E-state index in [2.05, 4.69) is 35.7 Å². The molecule has 0 atom stereocenters. The smallest absolute Gasteiger partial charge is 0.249 e. The van der Waals surface area contributed by atoms with Crippen LogP contribution >= 0.6 is 0 Å². The molecule has 2 aromatic rings. The maximum atomic E-state index is 4.64. The lowest BCUT2D eigenvalue weighted by Crippen LogP contribution is -2.38. The summed E-state index contributed by atoms with van der Waals surface area (Å²) in [7, 11) is 7.58. The average Bonchev–Trinajstić information content (AvgIpc) is 3.32. The summed E-state index contributed by atoms with van der Waals surface area (Å²) < 4.78 is 3.71. The Morgan fingerprint density at radius 2 is 1.50 bits per heavy atom. The highest BCUT2D eigenvalue weighted by atomic mass is 15.6. The summed E-state index contributed by atoms with van der Waals surface area (Å²) in [4.78, 5) is 24.9. The quantitative estimate of drug-likeness (QED) is 0.694. The molecule has 0 fully saturated rings. The van der Waals surface area contributed by atoms with Gasteiger partial charge in [0, 0.05) is 46.8 Å². The fourth-order valence-corrected chi connectivity index (χ4v) is 2.90. The third-order valence-electron chi connectivity index (χ3n) is 4.32. The molecule has 5 heterocycles. The largest absolute Gasteiger partial charge is 0.321 e. The Labute approximate surface area is 149 Å². The molecule has 26 heavy (non-hydrogen) atoms. The Balaban J connectivity index is 1.74. The summed E-state index contributed by atoms with van der Waals surface area (Å²) >= 11 is 0. The summed E-state index contributed by atoms with van der Waals surface area (Å²) in [6, 6.07) is 0. The van der Waals surface area contributed by atoms with Gasteiger partial charge >= 0.3 is 0 Å². The van der Waals surface area contributed by atoms with Crippen molar-refractivity contribution in [2.75, 3.05) is 14.1 Å². The highest BCUT2D eigenvalue weighted by Gasteiger charge is 2.27. The molecule has 2 N–H and O–H groups in total. The zero-order valence-corrected chi connectivity index (χ0v) is 14.8. The number of aryl methyl sites for hydroxylation is 2. The number of nitrogens with zero attached hydrogens (tertiary/aromatic N) is 9.